The summed E-state index contributed by atoms with van der Waals surface area (Å²) < 4.78 is 22.6. The van der Waals surface area contributed by atoms with Crippen molar-refractivity contribution in [3.8, 4) is 0 Å². The van der Waals surface area contributed by atoms with Crippen LogP contribution >= 0.6 is 0 Å². The Kier molecular flexibility index (Phi) is 7.74. The Morgan fingerprint density at radius 2 is 1.68 bits per heavy atom. The molecule has 1 amide bonds. The van der Waals surface area contributed by atoms with Crippen molar-refractivity contribution < 1.29 is 18.5 Å². The van der Waals surface area contributed by atoms with Gasteiger partial charge in [-0.1, -0.05) is 51.5 Å². The van der Waals surface area contributed by atoms with Crippen LogP contribution in [0.2, 0.25) is 0 Å². The number of hydrogen-bond acceptors (Lipinski definition) is 3. The minimum absolute atomic E-state index is 0.0171. The topological polar surface area (TPSA) is 106 Å². The summed E-state index contributed by atoms with van der Waals surface area (Å²) in [7, 11) is -3.74. The minimum Gasteiger partial charge on any atom is -0.332 e. The van der Waals surface area contributed by atoms with Crippen molar-refractivity contribution in [2.75, 3.05) is 11.9 Å². The minimum atomic E-state index is -3.74. The van der Waals surface area contributed by atoms with E-state index in [1.54, 1.807) is 0 Å². The molecule has 0 saturated carbocycles. The van der Waals surface area contributed by atoms with Crippen molar-refractivity contribution in [3.63, 3.8) is 0 Å². The second-order valence-corrected chi connectivity index (χ2v) is 8.88. The van der Waals surface area contributed by atoms with Gasteiger partial charge < -0.3 is 10.6 Å². The van der Waals surface area contributed by atoms with Gasteiger partial charge in [-0.3, -0.25) is 4.79 Å². The van der Waals surface area contributed by atoms with E-state index in [0.717, 1.165) is 12.8 Å². The molecule has 0 aliphatic carbocycles. The molecule has 0 aromatic heterocycles. The predicted molar refractivity (Wildman–Crippen MR) is 111 cm³/mol. The molecule has 6 nitrogen and oxygen atoms in total. The molecule has 0 bridgehead atoms. The molecule has 0 unspecified atom stereocenters. The first-order valence-corrected chi connectivity index (χ1v) is 11.1. The number of primary sulfonamides is 1. The van der Waals surface area contributed by atoms with Gasteiger partial charge in [0.1, 0.15) is 6.04 Å². The number of amides is 1. The standard InChI is InChI=1S/C21H29N3O3S/c1-4-5-16-6-8-17(9-7-16)21(15(2)3)23-14-20(25)24-18-10-12-19(13-11-18)28(22,26)27/h6-13,15,21,23H,4-5,14H2,1-3H3,(H,24,25)(H2,22,26,27)/p+1/t21-/m1/s1. The lowest BCUT2D eigenvalue weighted by molar-refractivity contribution is -0.692. The Labute approximate surface area is 167 Å². The van der Waals surface area contributed by atoms with Crippen LogP contribution in [0.3, 0.4) is 0 Å². The molecule has 0 fully saturated rings. The number of carbonyl (C=O) groups is 1. The largest absolute Gasteiger partial charge is 0.332 e. The van der Waals surface area contributed by atoms with Crippen LogP contribution in [-0.2, 0) is 21.2 Å². The number of sulfonamides is 1. The SMILES string of the molecule is CCCc1ccc([C@H]([NH2+]CC(=O)Nc2ccc(S(N)(=O)=O)cc2)C(C)C)cc1. The number of quaternary nitrogens is 1. The molecule has 0 aliphatic heterocycles. The summed E-state index contributed by atoms with van der Waals surface area (Å²) in [5, 5.41) is 9.90. The first-order valence-electron chi connectivity index (χ1n) is 9.55. The Morgan fingerprint density at radius 1 is 1.07 bits per heavy atom. The van der Waals surface area contributed by atoms with Crippen LogP contribution in [0, 0.1) is 5.92 Å². The molecule has 28 heavy (non-hydrogen) atoms. The summed E-state index contributed by atoms with van der Waals surface area (Å²) in [6.45, 7) is 6.73. The van der Waals surface area contributed by atoms with E-state index in [1.165, 1.54) is 35.4 Å². The maximum Gasteiger partial charge on any atom is 0.279 e. The van der Waals surface area contributed by atoms with E-state index in [4.69, 9.17) is 5.14 Å². The average molecular weight is 405 g/mol. The maximum atomic E-state index is 12.3. The third-order valence-electron chi connectivity index (χ3n) is 4.65. The van der Waals surface area contributed by atoms with E-state index in [0.29, 0.717) is 11.6 Å². The van der Waals surface area contributed by atoms with Gasteiger partial charge in [-0.15, -0.1) is 0 Å². The molecule has 1 atom stereocenters. The van der Waals surface area contributed by atoms with Crippen molar-refractivity contribution in [1.29, 1.82) is 0 Å². The highest BCUT2D eigenvalue weighted by Gasteiger charge is 2.20. The van der Waals surface area contributed by atoms with E-state index in [9.17, 15) is 13.2 Å². The summed E-state index contributed by atoms with van der Waals surface area (Å²) in [6, 6.07) is 14.6. The zero-order chi connectivity index (χ0) is 20.7. The average Bonchev–Trinajstić information content (AvgIpc) is 2.63. The van der Waals surface area contributed by atoms with Crippen LogP contribution in [0.4, 0.5) is 5.69 Å². The quantitative estimate of drug-likeness (QED) is 0.596. The summed E-state index contributed by atoms with van der Waals surface area (Å²) in [4.78, 5) is 12.3. The van der Waals surface area contributed by atoms with E-state index in [-0.39, 0.29) is 23.4 Å². The molecule has 5 N–H and O–H groups in total. The summed E-state index contributed by atoms with van der Waals surface area (Å²) in [6.07, 6.45) is 2.19. The van der Waals surface area contributed by atoms with Crippen molar-refractivity contribution in [2.24, 2.45) is 11.1 Å². The van der Waals surface area contributed by atoms with Crippen LogP contribution in [0.5, 0.6) is 0 Å². The molecular formula is C21H30N3O3S+. The highest BCUT2D eigenvalue weighted by Crippen LogP contribution is 2.19. The number of rotatable bonds is 9. The number of aryl methyl sites for hydroxylation is 1. The fraction of sp³-hybridized carbons (Fsp3) is 0.381. The molecule has 0 aliphatic rings. The van der Waals surface area contributed by atoms with Gasteiger partial charge in [-0.2, -0.15) is 0 Å². The number of carbonyl (C=O) groups excluding carboxylic acids is 1. The van der Waals surface area contributed by atoms with E-state index in [1.807, 2.05) is 5.32 Å². The molecule has 2 rings (SSSR count). The number of benzene rings is 2. The lowest BCUT2D eigenvalue weighted by atomic mass is 9.94. The van der Waals surface area contributed by atoms with Gasteiger partial charge in [0.2, 0.25) is 10.0 Å². The first-order chi connectivity index (χ1) is 13.2. The van der Waals surface area contributed by atoms with Crippen molar-refractivity contribution in [3.05, 3.63) is 59.7 Å². The van der Waals surface area contributed by atoms with Gasteiger partial charge in [-0.05, 0) is 36.2 Å². The summed E-state index contributed by atoms with van der Waals surface area (Å²) in [5.74, 6) is 0.232. The number of nitrogens with one attached hydrogen (secondary N) is 1. The predicted octanol–water partition coefficient (Wildman–Crippen LogP) is 2.19. The molecule has 0 heterocycles. The normalized spacial score (nSPS) is 12.8. The number of hydrogen-bond donors (Lipinski definition) is 3. The van der Waals surface area contributed by atoms with Crippen LogP contribution in [0.1, 0.15) is 44.4 Å². The highest BCUT2D eigenvalue weighted by molar-refractivity contribution is 7.89. The Morgan fingerprint density at radius 3 is 2.18 bits per heavy atom. The molecule has 0 saturated heterocycles. The van der Waals surface area contributed by atoms with Gasteiger partial charge >= 0.3 is 0 Å². The number of anilines is 1. The van der Waals surface area contributed by atoms with Crippen molar-refractivity contribution in [1.82, 2.24) is 0 Å². The zero-order valence-corrected chi connectivity index (χ0v) is 17.5. The van der Waals surface area contributed by atoms with Crippen LogP contribution in [-0.4, -0.2) is 20.9 Å². The summed E-state index contributed by atoms with van der Waals surface area (Å²) in [5.41, 5.74) is 3.07. The molecule has 0 radical (unpaired) electrons. The van der Waals surface area contributed by atoms with Crippen LogP contribution in [0.15, 0.2) is 53.4 Å². The fourth-order valence-corrected chi connectivity index (χ4v) is 3.68. The van der Waals surface area contributed by atoms with Gasteiger partial charge in [-0.25, -0.2) is 13.6 Å². The maximum absolute atomic E-state index is 12.3. The Bertz CT molecular complexity index is 876. The molecule has 152 valence electrons. The third-order valence-corrected chi connectivity index (χ3v) is 5.57. The molecule has 7 heteroatoms. The lowest BCUT2D eigenvalue weighted by Gasteiger charge is -2.20. The molecule has 0 spiro atoms. The van der Waals surface area contributed by atoms with E-state index >= 15 is 0 Å². The molecule has 2 aromatic rings. The smallest absolute Gasteiger partial charge is 0.279 e. The summed E-state index contributed by atoms with van der Waals surface area (Å²) >= 11 is 0. The number of nitrogens with two attached hydrogens (primary N) is 2. The van der Waals surface area contributed by atoms with E-state index < -0.39 is 10.0 Å². The Balaban J connectivity index is 1.96. The van der Waals surface area contributed by atoms with E-state index in [2.05, 4.69) is 50.4 Å². The second kappa shape index (κ2) is 9.82. The van der Waals surface area contributed by atoms with Gasteiger partial charge in [0.15, 0.2) is 6.54 Å². The van der Waals surface area contributed by atoms with Gasteiger partial charge in [0.25, 0.3) is 5.91 Å². The van der Waals surface area contributed by atoms with Crippen molar-refractivity contribution in [2.45, 2.75) is 44.6 Å². The monoisotopic (exact) mass is 404 g/mol. The van der Waals surface area contributed by atoms with Gasteiger partial charge in [0, 0.05) is 17.2 Å². The second-order valence-electron chi connectivity index (χ2n) is 7.32. The molecule has 2 aromatic carbocycles. The van der Waals surface area contributed by atoms with Crippen LogP contribution < -0.4 is 15.8 Å². The lowest BCUT2D eigenvalue weighted by Crippen LogP contribution is -2.88. The van der Waals surface area contributed by atoms with Crippen LogP contribution in [0.25, 0.3) is 0 Å². The van der Waals surface area contributed by atoms with Crippen molar-refractivity contribution >= 4 is 21.6 Å². The Hall–Kier alpha value is -2.22. The third kappa shape index (κ3) is 6.44. The van der Waals surface area contributed by atoms with Gasteiger partial charge in [0.05, 0.1) is 4.90 Å². The zero-order valence-electron chi connectivity index (χ0n) is 16.7. The fourth-order valence-electron chi connectivity index (χ4n) is 3.16. The highest BCUT2D eigenvalue weighted by atomic mass is 32.2. The first kappa shape index (κ1) is 22.1. The molecular weight excluding hydrogens is 374 g/mol.